The van der Waals surface area contributed by atoms with Crippen LogP contribution in [0.1, 0.15) is 25.3 Å². The van der Waals surface area contributed by atoms with E-state index in [4.69, 9.17) is 0 Å². The highest BCUT2D eigenvalue weighted by molar-refractivity contribution is 7.17. The molecule has 1 aliphatic rings. The van der Waals surface area contributed by atoms with Gasteiger partial charge in [0.05, 0.1) is 0 Å². The van der Waals surface area contributed by atoms with Crippen LogP contribution in [0, 0.1) is 5.92 Å². The number of carbonyl (C=O) groups is 1. The molecule has 3 rings (SSSR count). The van der Waals surface area contributed by atoms with Crippen molar-refractivity contribution in [2.24, 2.45) is 5.92 Å². The number of carbonyl (C=O) groups excluding carboxylic acids is 1. The average Bonchev–Trinajstić information content (AvgIpc) is 3.18. The molecule has 3 nitrogen and oxygen atoms in total. The van der Waals surface area contributed by atoms with Crippen LogP contribution >= 0.6 is 11.3 Å². The van der Waals surface area contributed by atoms with Gasteiger partial charge in [0, 0.05) is 17.3 Å². The topological polar surface area (TPSA) is 41.1 Å². The first-order valence-electron chi connectivity index (χ1n) is 6.73. The number of benzene rings is 1. The van der Waals surface area contributed by atoms with Crippen molar-refractivity contribution in [1.29, 1.82) is 0 Å². The molecule has 1 fully saturated rings. The Morgan fingerprint density at radius 3 is 3.00 bits per heavy atom. The van der Waals surface area contributed by atoms with Gasteiger partial charge in [-0.2, -0.15) is 0 Å². The Kier molecular flexibility index (Phi) is 3.42. The summed E-state index contributed by atoms with van der Waals surface area (Å²) in [6.07, 6.45) is 2.49. The van der Waals surface area contributed by atoms with Gasteiger partial charge in [0.25, 0.3) is 0 Å². The van der Waals surface area contributed by atoms with E-state index in [2.05, 4.69) is 35.1 Å². The van der Waals surface area contributed by atoms with Gasteiger partial charge in [-0.3, -0.25) is 0 Å². The maximum atomic E-state index is 11.8. The summed E-state index contributed by atoms with van der Waals surface area (Å²) >= 11 is 1.72. The van der Waals surface area contributed by atoms with Gasteiger partial charge in [-0.25, -0.2) is 4.79 Å². The van der Waals surface area contributed by atoms with E-state index in [-0.39, 0.29) is 6.03 Å². The molecule has 19 heavy (non-hydrogen) atoms. The fraction of sp³-hybridized carbons (Fsp3) is 0.400. The van der Waals surface area contributed by atoms with Crippen molar-refractivity contribution < 1.29 is 4.79 Å². The van der Waals surface area contributed by atoms with E-state index in [9.17, 15) is 4.79 Å². The predicted octanol–water partition coefficient (Wildman–Crippen LogP) is 3.50. The van der Waals surface area contributed by atoms with Crippen molar-refractivity contribution in [3.05, 3.63) is 35.2 Å². The third-order valence-electron chi connectivity index (χ3n) is 3.69. The lowest BCUT2D eigenvalue weighted by atomic mass is 10.2. The van der Waals surface area contributed by atoms with Gasteiger partial charge in [0.1, 0.15) is 0 Å². The van der Waals surface area contributed by atoms with E-state index >= 15 is 0 Å². The van der Waals surface area contributed by atoms with E-state index in [0.29, 0.717) is 18.5 Å². The molecular formula is C15H18N2OS. The summed E-state index contributed by atoms with van der Waals surface area (Å²) < 4.78 is 1.27. The number of hydrogen-bond acceptors (Lipinski definition) is 2. The molecular weight excluding hydrogens is 256 g/mol. The number of hydrogen-bond donors (Lipinski definition) is 2. The molecule has 2 aromatic rings. The van der Waals surface area contributed by atoms with Crippen molar-refractivity contribution >= 4 is 27.5 Å². The zero-order chi connectivity index (χ0) is 13.2. The van der Waals surface area contributed by atoms with Gasteiger partial charge in [-0.05, 0) is 48.1 Å². The Hall–Kier alpha value is -1.55. The number of nitrogens with one attached hydrogen (secondary N) is 2. The number of fused-ring (bicyclic) bond motifs is 1. The van der Waals surface area contributed by atoms with Crippen LogP contribution in [0.4, 0.5) is 4.79 Å². The molecule has 2 N–H and O–H groups in total. The molecule has 1 aliphatic carbocycles. The smallest absolute Gasteiger partial charge is 0.315 e. The SMILES string of the molecule is CC(NC(=O)NCc1csc2ccccc12)C1CC1. The van der Waals surface area contributed by atoms with Gasteiger partial charge >= 0.3 is 6.03 Å². The zero-order valence-corrected chi connectivity index (χ0v) is 11.8. The first-order valence-corrected chi connectivity index (χ1v) is 7.61. The van der Waals surface area contributed by atoms with E-state index in [1.807, 2.05) is 12.1 Å². The highest BCUT2D eigenvalue weighted by Gasteiger charge is 2.28. The number of rotatable bonds is 4. The minimum absolute atomic E-state index is 0.0605. The number of urea groups is 1. The summed E-state index contributed by atoms with van der Waals surface area (Å²) in [7, 11) is 0. The highest BCUT2D eigenvalue weighted by atomic mass is 32.1. The quantitative estimate of drug-likeness (QED) is 0.880. The molecule has 2 amide bonds. The highest BCUT2D eigenvalue weighted by Crippen LogP contribution is 2.32. The van der Waals surface area contributed by atoms with E-state index in [0.717, 1.165) is 0 Å². The molecule has 100 valence electrons. The second-order valence-corrected chi connectivity index (χ2v) is 6.12. The monoisotopic (exact) mass is 274 g/mol. The molecule has 0 saturated heterocycles. The Bertz CT molecular complexity index is 589. The summed E-state index contributed by atoms with van der Waals surface area (Å²) in [6.45, 7) is 2.67. The van der Waals surface area contributed by atoms with Crippen molar-refractivity contribution in [2.75, 3.05) is 0 Å². The second-order valence-electron chi connectivity index (χ2n) is 5.21. The van der Waals surface area contributed by atoms with Crippen LogP contribution in [0.2, 0.25) is 0 Å². The Balaban J connectivity index is 1.58. The van der Waals surface area contributed by atoms with Crippen molar-refractivity contribution in [2.45, 2.75) is 32.4 Å². The molecule has 1 atom stereocenters. The first kappa shape index (κ1) is 12.5. The van der Waals surface area contributed by atoms with E-state index in [1.54, 1.807) is 11.3 Å². The Labute approximate surface area is 117 Å². The van der Waals surface area contributed by atoms with Crippen molar-refractivity contribution in [3.8, 4) is 0 Å². The molecule has 1 saturated carbocycles. The molecule has 0 radical (unpaired) electrons. The molecule has 1 heterocycles. The molecule has 1 aromatic carbocycles. The van der Waals surface area contributed by atoms with Crippen molar-refractivity contribution in [3.63, 3.8) is 0 Å². The molecule has 4 heteroatoms. The summed E-state index contributed by atoms with van der Waals surface area (Å²) in [5.41, 5.74) is 1.19. The maximum absolute atomic E-state index is 11.8. The molecule has 1 aromatic heterocycles. The van der Waals surface area contributed by atoms with Crippen LogP contribution < -0.4 is 10.6 Å². The van der Waals surface area contributed by atoms with Crippen LogP contribution in [0.25, 0.3) is 10.1 Å². The van der Waals surface area contributed by atoms with Gasteiger partial charge in [-0.1, -0.05) is 18.2 Å². The van der Waals surface area contributed by atoms with Gasteiger partial charge in [-0.15, -0.1) is 11.3 Å². The third kappa shape index (κ3) is 2.89. The van der Waals surface area contributed by atoms with Gasteiger partial charge in [0.2, 0.25) is 0 Å². The lowest BCUT2D eigenvalue weighted by molar-refractivity contribution is 0.236. The largest absolute Gasteiger partial charge is 0.335 e. The van der Waals surface area contributed by atoms with Crippen LogP contribution in [-0.2, 0) is 6.54 Å². The predicted molar refractivity (Wildman–Crippen MR) is 79.4 cm³/mol. The standard InChI is InChI=1S/C15H18N2OS/c1-10(11-6-7-11)17-15(18)16-8-12-9-19-14-5-3-2-4-13(12)14/h2-5,9-11H,6-8H2,1H3,(H2,16,17,18). The van der Waals surface area contributed by atoms with Gasteiger partial charge in [0.15, 0.2) is 0 Å². The van der Waals surface area contributed by atoms with Crippen LogP contribution in [0.15, 0.2) is 29.6 Å². The molecule has 1 unspecified atom stereocenters. The third-order valence-corrected chi connectivity index (χ3v) is 4.70. The summed E-state index contributed by atoms with van der Waals surface area (Å²) in [6, 6.07) is 8.52. The fourth-order valence-corrected chi connectivity index (χ4v) is 3.28. The molecule has 0 aliphatic heterocycles. The molecule has 0 spiro atoms. The lowest BCUT2D eigenvalue weighted by Gasteiger charge is -2.13. The second kappa shape index (κ2) is 5.21. The van der Waals surface area contributed by atoms with E-state index < -0.39 is 0 Å². The number of thiophene rings is 1. The van der Waals surface area contributed by atoms with Gasteiger partial charge < -0.3 is 10.6 Å². The Morgan fingerprint density at radius 2 is 2.21 bits per heavy atom. The number of amides is 2. The summed E-state index contributed by atoms with van der Waals surface area (Å²) in [5.74, 6) is 0.688. The Morgan fingerprint density at radius 1 is 1.42 bits per heavy atom. The first-order chi connectivity index (χ1) is 9.24. The maximum Gasteiger partial charge on any atom is 0.315 e. The lowest BCUT2D eigenvalue weighted by Crippen LogP contribution is -2.41. The fourth-order valence-electron chi connectivity index (χ4n) is 2.32. The van der Waals surface area contributed by atoms with Crippen LogP contribution in [-0.4, -0.2) is 12.1 Å². The normalized spacial score (nSPS) is 16.3. The minimum Gasteiger partial charge on any atom is -0.335 e. The molecule has 0 bridgehead atoms. The zero-order valence-electron chi connectivity index (χ0n) is 11.0. The van der Waals surface area contributed by atoms with Crippen LogP contribution in [0.3, 0.4) is 0 Å². The van der Waals surface area contributed by atoms with Crippen LogP contribution in [0.5, 0.6) is 0 Å². The summed E-state index contributed by atoms with van der Waals surface area (Å²) in [5, 5.41) is 9.31. The average molecular weight is 274 g/mol. The van der Waals surface area contributed by atoms with Crippen molar-refractivity contribution in [1.82, 2.24) is 10.6 Å². The summed E-state index contributed by atoms with van der Waals surface area (Å²) in [4.78, 5) is 11.8. The minimum atomic E-state index is -0.0605. The van der Waals surface area contributed by atoms with E-state index in [1.165, 1.54) is 28.5 Å².